The number of nitrogens with zero attached hydrogens (tertiary/aromatic N) is 2. The maximum absolute atomic E-state index is 12.2. The Bertz CT molecular complexity index is 1060. The van der Waals surface area contributed by atoms with E-state index in [1.54, 1.807) is 6.08 Å². The first-order chi connectivity index (χ1) is 10.9. The Labute approximate surface area is 136 Å². The first-order valence-corrected chi connectivity index (χ1v) is 7.26. The van der Waals surface area contributed by atoms with Gasteiger partial charge in [-0.15, -0.1) is 0 Å². The van der Waals surface area contributed by atoms with Crippen molar-refractivity contribution in [1.82, 2.24) is 9.55 Å². The first-order valence-electron chi connectivity index (χ1n) is 6.85. The molecular formula is C16H13N3O3S. The molecule has 1 aromatic heterocycles. The Morgan fingerprint density at radius 1 is 1.43 bits per heavy atom. The summed E-state index contributed by atoms with van der Waals surface area (Å²) in [4.78, 5) is 30.5. The van der Waals surface area contributed by atoms with E-state index in [0.717, 1.165) is 15.3 Å². The number of hydrogen-bond acceptors (Lipinski definition) is 4. The summed E-state index contributed by atoms with van der Waals surface area (Å²) in [6.45, 7) is 3.20. The Kier molecular flexibility index (Phi) is 3.57. The molecule has 0 saturated carbocycles. The molecule has 0 saturated heterocycles. The van der Waals surface area contributed by atoms with E-state index in [2.05, 4.69) is 9.98 Å². The molecule has 2 aromatic rings. The van der Waals surface area contributed by atoms with Crippen LogP contribution in [0.15, 0.2) is 28.8 Å². The van der Waals surface area contributed by atoms with Crippen LogP contribution in [0.1, 0.15) is 23.0 Å². The maximum Gasteiger partial charge on any atom is 0.277 e. The fourth-order valence-electron chi connectivity index (χ4n) is 2.48. The molecule has 2 N–H and O–H groups in total. The Morgan fingerprint density at radius 3 is 2.87 bits per heavy atom. The minimum atomic E-state index is -0.437. The zero-order valence-electron chi connectivity index (χ0n) is 12.5. The van der Waals surface area contributed by atoms with Crippen molar-refractivity contribution in [3.8, 4) is 5.88 Å². The highest BCUT2D eigenvalue weighted by Gasteiger charge is 2.17. The number of aromatic amines is 1. The number of nitrogens with one attached hydrogen (secondary N) is 1. The van der Waals surface area contributed by atoms with Crippen molar-refractivity contribution in [2.75, 3.05) is 0 Å². The van der Waals surface area contributed by atoms with Gasteiger partial charge in [0, 0.05) is 17.7 Å². The number of fused-ring (bicyclic) bond motifs is 1. The van der Waals surface area contributed by atoms with Gasteiger partial charge in [-0.3, -0.25) is 14.2 Å². The molecule has 1 aliphatic rings. The van der Waals surface area contributed by atoms with Crippen LogP contribution in [0.5, 0.6) is 5.88 Å². The number of hydrogen-bond donors (Lipinski definition) is 2. The summed E-state index contributed by atoms with van der Waals surface area (Å²) >= 11 is 4.99. The summed E-state index contributed by atoms with van der Waals surface area (Å²) in [6, 6.07) is 5.60. The van der Waals surface area contributed by atoms with Crippen molar-refractivity contribution in [1.29, 1.82) is 0 Å². The monoisotopic (exact) mass is 327 g/mol. The Morgan fingerprint density at radius 2 is 2.17 bits per heavy atom. The fourth-order valence-corrected chi connectivity index (χ4v) is 2.80. The van der Waals surface area contributed by atoms with Gasteiger partial charge in [-0.05, 0) is 36.9 Å². The zero-order chi connectivity index (χ0) is 16.7. The Hall–Kier alpha value is -2.80. The van der Waals surface area contributed by atoms with E-state index < -0.39 is 5.91 Å². The van der Waals surface area contributed by atoms with E-state index in [-0.39, 0.29) is 27.8 Å². The van der Waals surface area contributed by atoms with Gasteiger partial charge >= 0.3 is 0 Å². The van der Waals surface area contributed by atoms with Gasteiger partial charge in [0.05, 0.1) is 5.36 Å². The third-order valence-corrected chi connectivity index (χ3v) is 3.84. The molecule has 6 nitrogen and oxygen atoms in total. The SMILES string of the molecule is CC(=O)n1c(/C=C2\C=c3cccc(C)c3=NC2=O)c(O)[nH]c1=S. The van der Waals surface area contributed by atoms with E-state index in [1.165, 1.54) is 13.0 Å². The average Bonchev–Trinajstić information content (AvgIpc) is 2.75. The summed E-state index contributed by atoms with van der Waals surface area (Å²) < 4.78 is 1.20. The van der Waals surface area contributed by atoms with Gasteiger partial charge in [0.1, 0.15) is 5.69 Å². The third kappa shape index (κ3) is 2.55. The van der Waals surface area contributed by atoms with Crippen LogP contribution in [0, 0.1) is 11.7 Å². The molecule has 0 aliphatic carbocycles. The molecule has 1 amide bonds. The van der Waals surface area contributed by atoms with Crippen molar-refractivity contribution in [2.45, 2.75) is 13.8 Å². The van der Waals surface area contributed by atoms with Crippen LogP contribution in [-0.2, 0) is 4.79 Å². The number of para-hydroxylation sites is 1. The molecule has 2 heterocycles. The van der Waals surface area contributed by atoms with E-state index in [9.17, 15) is 14.7 Å². The van der Waals surface area contributed by atoms with Crippen LogP contribution in [-0.4, -0.2) is 26.5 Å². The van der Waals surface area contributed by atoms with Crippen LogP contribution in [0.4, 0.5) is 0 Å². The molecular weight excluding hydrogens is 314 g/mol. The molecule has 0 unspecified atom stereocenters. The van der Waals surface area contributed by atoms with Gasteiger partial charge in [0.25, 0.3) is 5.91 Å². The number of amides is 1. The molecule has 7 heteroatoms. The van der Waals surface area contributed by atoms with Gasteiger partial charge in [-0.1, -0.05) is 18.2 Å². The van der Waals surface area contributed by atoms with Gasteiger partial charge < -0.3 is 10.1 Å². The van der Waals surface area contributed by atoms with Crippen molar-refractivity contribution < 1.29 is 14.7 Å². The predicted molar refractivity (Wildman–Crippen MR) is 87.0 cm³/mol. The highest BCUT2D eigenvalue weighted by Crippen LogP contribution is 2.20. The fraction of sp³-hybridized carbons (Fsp3) is 0.125. The normalized spacial score (nSPS) is 15.0. The summed E-state index contributed by atoms with van der Waals surface area (Å²) in [5.74, 6) is -1.07. The molecule has 0 radical (unpaired) electrons. The predicted octanol–water partition coefficient (Wildman–Crippen LogP) is 1.24. The lowest BCUT2D eigenvalue weighted by atomic mass is 10.1. The molecule has 3 rings (SSSR count). The van der Waals surface area contributed by atoms with Gasteiger partial charge in [-0.2, -0.15) is 0 Å². The Balaban J connectivity index is 2.25. The van der Waals surface area contributed by atoms with E-state index >= 15 is 0 Å². The highest BCUT2D eigenvalue weighted by atomic mass is 32.1. The minimum Gasteiger partial charge on any atom is -0.493 e. The number of carbonyl (C=O) groups is 2. The third-order valence-electron chi connectivity index (χ3n) is 3.56. The lowest BCUT2D eigenvalue weighted by Crippen LogP contribution is -2.32. The summed E-state index contributed by atoms with van der Waals surface area (Å²) in [5, 5.41) is 11.4. The van der Waals surface area contributed by atoms with Crippen molar-refractivity contribution in [3.05, 3.63) is 50.4 Å². The number of aryl methyl sites for hydroxylation is 1. The van der Waals surface area contributed by atoms with Crippen molar-refractivity contribution >= 4 is 36.2 Å². The van der Waals surface area contributed by atoms with Crippen molar-refractivity contribution in [3.63, 3.8) is 0 Å². The lowest BCUT2D eigenvalue weighted by molar-refractivity contribution is -0.114. The van der Waals surface area contributed by atoms with Gasteiger partial charge in [-0.25, -0.2) is 4.99 Å². The quantitative estimate of drug-likeness (QED) is 0.609. The maximum atomic E-state index is 12.2. The molecule has 1 aliphatic heterocycles. The van der Waals surface area contributed by atoms with Crippen LogP contribution in [0.3, 0.4) is 0 Å². The summed E-state index contributed by atoms with van der Waals surface area (Å²) in [6.07, 6.45) is 3.08. The van der Waals surface area contributed by atoms with E-state index in [4.69, 9.17) is 12.2 Å². The van der Waals surface area contributed by atoms with Crippen LogP contribution >= 0.6 is 12.2 Å². The van der Waals surface area contributed by atoms with E-state index in [0.29, 0.717) is 5.36 Å². The second-order valence-electron chi connectivity index (χ2n) is 5.19. The topological polar surface area (TPSA) is 87.4 Å². The number of carbonyl (C=O) groups excluding carboxylic acids is 2. The van der Waals surface area contributed by atoms with Crippen LogP contribution < -0.4 is 10.6 Å². The molecule has 23 heavy (non-hydrogen) atoms. The second kappa shape index (κ2) is 5.44. The van der Waals surface area contributed by atoms with Crippen LogP contribution in [0.25, 0.3) is 12.2 Å². The molecule has 0 fully saturated rings. The molecule has 0 bridgehead atoms. The number of rotatable bonds is 1. The number of H-pyrrole nitrogens is 1. The smallest absolute Gasteiger partial charge is 0.277 e. The molecule has 116 valence electrons. The minimum absolute atomic E-state index is 0.0679. The lowest BCUT2D eigenvalue weighted by Gasteiger charge is -2.06. The van der Waals surface area contributed by atoms with Gasteiger partial charge in [0.15, 0.2) is 4.77 Å². The number of aromatic nitrogens is 2. The standard InChI is InChI=1S/C16H13N3O3S/c1-8-4-3-5-10-6-11(14(21)17-13(8)10)7-12-15(22)18-16(23)19(12)9(2)20/h3-7,22H,1-2H3,(H,18,23)/b11-7+. The molecule has 0 spiro atoms. The first kappa shape index (κ1) is 15.1. The van der Waals surface area contributed by atoms with E-state index in [1.807, 2.05) is 25.1 Å². The van der Waals surface area contributed by atoms with Gasteiger partial charge in [0.2, 0.25) is 11.8 Å². The van der Waals surface area contributed by atoms with Crippen LogP contribution in [0.2, 0.25) is 0 Å². The van der Waals surface area contributed by atoms with Crippen molar-refractivity contribution in [2.24, 2.45) is 4.99 Å². The highest BCUT2D eigenvalue weighted by molar-refractivity contribution is 7.71. The number of benzene rings is 1. The largest absolute Gasteiger partial charge is 0.493 e. The summed E-state index contributed by atoms with van der Waals surface area (Å²) in [7, 11) is 0. The summed E-state index contributed by atoms with van der Waals surface area (Å²) in [5.41, 5.74) is 1.30. The number of imidazole rings is 1. The average molecular weight is 327 g/mol. The zero-order valence-corrected chi connectivity index (χ0v) is 13.3. The number of aromatic hydroxyl groups is 1. The molecule has 0 atom stereocenters. The second-order valence-corrected chi connectivity index (χ2v) is 5.58. The molecule has 1 aromatic carbocycles.